The smallest absolute Gasteiger partial charge is 0.667 e. The summed E-state index contributed by atoms with van der Waals surface area (Å²) >= 11 is 4.04. The number of carbonyl (C=O) groups excluding carboxylic acids is 1. The summed E-state index contributed by atoms with van der Waals surface area (Å²) in [6.07, 6.45) is -8.79. The minimum absolute atomic E-state index is 0. The van der Waals surface area contributed by atoms with Crippen molar-refractivity contribution in [2.24, 2.45) is 0 Å². The maximum absolute atomic E-state index is 10.7. The molecule has 0 saturated carbocycles. The Morgan fingerprint density at radius 2 is 1.38 bits per heavy atom. The van der Waals surface area contributed by atoms with Gasteiger partial charge in [0.1, 0.15) is 12.2 Å². The van der Waals surface area contributed by atoms with Crippen molar-refractivity contribution in [1.29, 1.82) is 0 Å². The first-order valence-corrected chi connectivity index (χ1v) is 4.10. The van der Waals surface area contributed by atoms with Gasteiger partial charge in [-0.3, -0.25) is 4.79 Å². The molecule has 0 aromatic rings. The molecule has 0 aromatic heterocycles. The number of carboxylic acid groups (broad SMARTS) is 1. The first-order valence-electron chi connectivity index (χ1n) is 3.70. The largest absolute Gasteiger partial charge is 1.00 e. The SMILES string of the molecule is O=C(N[S-])C(O)C(O)C(O)[C@@H](O)C(=O)O.[Cs+]. The van der Waals surface area contributed by atoms with E-state index in [1.54, 1.807) is 4.72 Å². The van der Waals surface area contributed by atoms with E-state index in [9.17, 15) is 9.59 Å². The van der Waals surface area contributed by atoms with Gasteiger partial charge in [-0.25, -0.2) is 4.79 Å². The van der Waals surface area contributed by atoms with Gasteiger partial charge < -0.3 is 43.1 Å². The third kappa shape index (κ3) is 5.68. The molecule has 0 rings (SSSR count). The second kappa shape index (κ2) is 9.16. The Balaban J connectivity index is 0. The quantitative estimate of drug-likeness (QED) is 0.261. The van der Waals surface area contributed by atoms with Gasteiger partial charge in [-0.15, -0.1) is 0 Å². The monoisotopic (exact) mass is 373 g/mol. The summed E-state index contributed by atoms with van der Waals surface area (Å²) in [5.74, 6) is -2.98. The number of nitrogens with one attached hydrogen (secondary N) is 1. The minimum Gasteiger partial charge on any atom is -0.667 e. The Labute approximate surface area is 155 Å². The van der Waals surface area contributed by atoms with Crippen molar-refractivity contribution in [3.8, 4) is 0 Å². The normalized spacial score (nSPS) is 17.6. The van der Waals surface area contributed by atoms with Crippen LogP contribution in [0.25, 0.3) is 0 Å². The second-order valence-electron chi connectivity index (χ2n) is 2.68. The van der Waals surface area contributed by atoms with E-state index in [0.717, 1.165) is 0 Å². The maximum atomic E-state index is 10.7. The van der Waals surface area contributed by atoms with Crippen LogP contribution in [0.3, 0.4) is 0 Å². The molecule has 0 aliphatic heterocycles. The zero-order chi connectivity index (χ0) is 12.2. The summed E-state index contributed by atoms with van der Waals surface area (Å²) < 4.78 is 1.56. The van der Waals surface area contributed by atoms with Crippen LogP contribution in [0.1, 0.15) is 0 Å². The number of aliphatic carboxylic acids is 1. The van der Waals surface area contributed by atoms with Crippen LogP contribution < -0.4 is 73.6 Å². The van der Waals surface area contributed by atoms with Crippen LogP contribution in [0, 0.1) is 0 Å². The van der Waals surface area contributed by atoms with Gasteiger partial charge >= 0.3 is 74.9 Å². The Morgan fingerprint density at radius 3 is 1.69 bits per heavy atom. The van der Waals surface area contributed by atoms with Crippen LogP contribution in [0.4, 0.5) is 0 Å². The fourth-order valence-corrected chi connectivity index (χ4v) is 0.856. The van der Waals surface area contributed by atoms with Crippen LogP contribution in [-0.2, 0) is 22.4 Å². The fraction of sp³-hybridized carbons (Fsp3) is 0.667. The third-order valence-electron chi connectivity index (χ3n) is 1.62. The number of aliphatic hydroxyl groups excluding tert-OH is 4. The summed E-state index contributed by atoms with van der Waals surface area (Å²) in [7, 11) is 0. The molecule has 0 fully saturated rings. The maximum Gasteiger partial charge on any atom is 1.00 e. The van der Waals surface area contributed by atoms with Crippen LogP contribution in [0.5, 0.6) is 0 Å². The molecule has 0 spiro atoms. The molecule has 0 aromatic carbocycles. The van der Waals surface area contributed by atoms with Gasteiger partial charge in [-0.05, 0) is 0 Å². The number of carboxylic acids is 1. The summed E-state index contributed by atoms with van der Waals surface area (Å²) in [4.78, 5) is 20.9. The molecule has 6 N–H and O–H groups in total. The molecule has 0 bridgehead atoms. The zero-order valence-corrected chi connectivity index (χ0v) is 15.4. The van der Waals surface area contributed by atoms with Gasteiger partial charge in [-0.1, -0.05) is 0 Å². The molecule has 4 atom stereocenters. The van der Waals surface area contributed by atoms with E-state index in [1.165, 1.54) is 0 Å². The Hall–Kier alpha value is 1.18. The predicted molar refractivity (Wildman–Crippen MR) is 47.2 cm³/mol. The molecular formula is C6H10CsNO7S. The van der Waals surface area contributed by atoms with E-state index >= 15 is 0 Å². The summed E-state index contributed by atoms with van der Waals surface area (Å²) in [6.45, 7) is 0. The van der Waals surface area contributed by atoms with Gasteiger partial charge in [0, 0.05) is 0 Å². The van der Waals surface area contributed by atoms with Crippen molar-refractivity contribution in [3.63, 3.8) is 0 Å². The average Bonchev–Trinajstić information content (AvgIpc) is 2.23. The van der Waals surface area contributed by atoms with E-state index in [2.05, 4.69) is 12.8 Å². The van der Waals surface area contributed by atoms with Gasteiger partial charge in [-0.2, -0.15) is 0 Å². The predicted octanol–water partition coefficient (Wildman–Crippen LogP) is -6.90. The van der Waals surface area contributed by atoms with Crippen molar-refractivity contribution in [2.45, 2.75) is 24.4 Å². The number of carbonyl (C=O) groups is 2. The topological polar surface area (TPSA) is 147 Å². The van der Waals surface area contributed by atoms with Crippen LogP contribution in [0.15, 0.2) is 0 Å². The van der Waals surface area contributed by atoms with Crippen LogP contribution >= 0.6 is 0 Å². The van der Waals surface area contributed by atoms with Crippen molar-refractivity contribution in [3.05, 3.63) is 0 Å². The van der Waals surface area contributed by atoms with Crippen LogP contribution in [0.2, 0.25) is 0 Å². The summed E-state index contributed by atoms with van der Waals surface area (Å²) in [5, 5.41) is 44.1. The fourth-order valence-electron chi connectivity index (χ4n) is 0.735. The Kier molecular flexibility index (Phi) is 11.2. The van der Waals surface area contributed by atoms with E-state index < -0.39 is 36.3 Å². The molecule has 0 saturated heterocycles. The summed E-state index contributed by atoms with van der Waals surface area (Å²) in [5.41, 5.74) is 0. The van der Waals surface area contributed by atoms with Gasteiger partial charge in [0.2, 0.25) is 5.91 Å². The molecular weight excluding hydrogens is 363 g/mol. The van der Waals surface area contributed by atoms with E-state index in [1.807, 2.05) is 0 Å². The zero-order valence-electron chi connectivity index (χ0n) is 8.27. The van der Waals surface area contributed by atoms with Crippen LogP contribution in [-0.4, -0.2) is 61.8 Å². The number of rotatable bonds is 5. The van der Waals surface area contributed by atoms with Crippen molar-refractivity contribution in [1.82, 2.24) is 4.72 Å². The van der Waals surface area contributed by atoms with E-state index in [4.69, 9.17) is 25.5 Å². The molecule has 88 valence electrons. The third-order valence-corrected chi connectivity index (χ3v) is 1.82. The number of aliphatic hydroxyl groups is 4. The second-order valence-corrected chi connectivity index (χ2v) is 2.88. The molecule has 3 unspecified atom stereocenters. The first-order chi connectivity index (χ1) is 6.82. The van der Waals surface area contributed by atoms with Gasteiger partial charge in [0.25, 0.3) is 0 Å². The number of hydrogen-bond donors (Lipinski definition) is 6. The Bertz CT molecular complexity index is 253. The minimum atomic E-state index is -2.31. The molecule has 16 heavy (non-hydrogen) atoms. The van der Waals surface area contributed by atoms with Gasteiger partial charge in [0.05, 0.1) is 0 Å². The summed E-state index contributed by atoms with van der Waals surface area (Å²) in [6, 6.07) is 0. The first kappa shape index (κ1) is 19.5. The Morgan fingerprint density at radius 1 is 1.00 bits per heavy atom. The molecule has 10 heteroatoms. The average molecular weight is 373 g/mol. The van der Waals surface area contributed by atoms with E-state index in [0.29, 0.717) is 0 Å². The number of hydrogen-bond acceptors (Lipinski definition) is 7. The van der Waals surface area contributed by atoms with Crippen molar-refractivity contribution < 1.29 is 104 Å². The molecule has 1 amide bonds. The van der Waals surface area contributed by atoms with E-state index in [-0.39, 0.29) is 68.9 Å². The standard InChI is InChI=1S/C6H10NO7S.Cs/c8-1(3(10)5(12)7-15)2(9)4(11)6(13)14;/h1-4,8-11H,(H2-,7,12,13,14,15);/q-1;+1/t1?,2?,3?,4-;/m1./s1. The molecule has 0 aliphatic carbocycles. The van der Waals surface area contributed by atoms with Crippen molar-refractivity contribution in [2.75, 3.05) is 0 Å². The molecule has 0 heterocycles. The molecule has 0 radical (unpaired) electrons. The molecule has 0 aliphatic rings. The number of amides is 1. The molecule has 8 nitrogen and oxygen atoms in total. The van der Waals surface area contributed by atoms with Gasteiger partial charge in [0.15, 0.2) is 12.2 Å². The van der Waals surface area contributed by atoms with Crippen molar-refractivity contribution >= 4 is 24.7 Å².